The molecule has 5 nitrogen and oxygen atoms in total. The van der Waals surface area contributed by atoms with Crippen LogP contribution in [0, 0.1) is 0 Å². The zero-order valence-electron chi connectivity index (χ0n) is 14.0. The third kappa shape index (κ3) is 7.67. The molecule has 2 aromatic rings. The van der Waals surface area contributed by atoms with Gasteiger partial charge in [-0.3, -0.25) is 4.79 Å². The molecule has 0 spiro atoms. The lowest BCUT2D eigenvalue weighted by molar-refractivity contribution is -0.124. The summed E-state index contributed by atoms with van der Waals surface area (Å²) in [7, 11) is 0. The van der Waals surface area contributed by atoms with E-state index in [0.29, 0.717) is 18.1 Å². The zero-order valence-corrected chi connectivity index (χ0v) is 14.8. The summed E-state index contributed by atoms with van der Waals surface area (Å²) < 4.78 is 36.7. The number of hydrogen-bond donors (Lipinski definition) is 2. The molecule has 1 amide bonds. The van der Waals surface area contributed by atoms with Gasteiger partial charge in [-0.05, 0) is 29.8 Å². The van der Waals surface area contributed by atoms with Gasteiger partial charge >= 0.3 is 0 Å². The lowest BCUT2D eigenvalue weighted by atomic mass is 10.2. The topological polar surface area (TPSA) is 73.6 Å². The van der Waals surface area contributed by atoms with Crippen LogP contribution in [-0.2, 0) is 11.4 Å². The van der Waals surface area contributed by atoms with Crippen LogP contribution < -0.4 is 20.5 Å². The van der Waals surface area contributed by atoms with Gasteiger partial charge in [-0.15, -0.1) is 12.4 Å². The molecule has 0 aliphatic carbocycles. The quantitative estimate of drug-likeness (QED) is 0.695. The van der Waals surface area contributed by atoms with Crippen LogP contribution in [0.1, 0.15) is 5.56 Å². The summed E-state index contributed by atoms with van der Waals surface area (Å²) in [6, 6.07) is 16.4. The summed E-state index contributed by atoms with van der Waals surface area (Å²) in [5.41, 5.74) is 5.94. The lowest BCUT2D eigenvalue weighted by Crippen LogP contribution is -2.42. The standard InChI is InChI=1S/C18H20F2N2O3.ClH/c19-18(20,12-21)13-22-17(23)11-25-16-8-6-15(7-9-16)24-10-14-4-2-1-3-5-14;/h1-9H,10-13,21H2,(H,22,23);1H. The van der Waals surface area contributed by atoms with Crippen molar-refractivity contribution in [1.82, 2.24) is 5.32 Å². The summed E-state index contributed by atoms with van der Waals surface area (Å²) in [5.74, 6) is -2.67. The predicted octanol–water partition coefficient (Wildman–Crippen LogP) is 2.78. The Hall–Kier alpha value is -2.38. The van der Waals surface area contributed by atoms with Gasteiger partial charge in [-0.1, -0.05) is 30.3 Å². The molecule has 0 aliphatic rings. The van der Waals surface area contributed by atoms with E-state index < -0.39 is 24.9 Å². The number of ether oxygens (including phenoxy) is 2. The first kappa shape index (κ1) is 21.7. The van der Waals surface area contributed by atoms with E-state index in [1.54, 1.807) is 24.3 Å². The molecule has 2 aromatic carbocycles. The normalized spacial score (nSPS) is 10.6. The van der Waals surface area contributed by atoms with E-state index >= 15 is 0 Å². The fraction of sp³-hybridized carbons (Fsp3) is 0.278. The molecule has 2 rings (SSSR count). The van der Waals surface area contributed by atoms with Gasteiger partial charge in [0.1, 0.15) is 18.1 Å². The van der Waals surface area contributed by atoms with Crippen molar-refractivity contribution in [3.8, 4) is 11.5 Å². The number of carbonyl (C=O) groups excluding carboxylic acids is 1. The Morgan fingerprint density at radius 1 is 1.00 bits per heavy atom. The minimum Gasteiger partial charge on any atom is -0.489 e. The Morgan fingerprint density at radius 3 is 2.15 bits per heavy atom. The van der Waals surface area contributed by atoms with Gasteiger partial charge in [-0.2, -0.15) is 0 Å². The van der Waals surface area contributed by atoms with Crippen molar-refractivity contribution in [1.29, 1.82) is 0 Å². The van der Waals surface area contributed by atoms with Crippen LogP contribution in [0.3, 0.4) is 0 Å². The van der Waals surface area contributed by atoms with E-state index in [9.17, 15) is 13.6 Å². The molecule has 0 bridgehead atoms. The van der Waals surface area contributed by atoms with Gasteiger partial charge in [0.2, 0.25) is 0 Å². The number of nitrogens with two attached hydrogens (primary N) is 1. The predicted molar refractivity (Wildman–Crippen MR) is 97.0 cm³/mol. The van der Waals surface area contributed by atoms with Gasteiger partial charge in [0, 0.05) is 0 Å². The number of carbonyl (C=O) groups is 1. The van der Waals surface area contributed by atoms with Crippen molar-refractivity contribution < 1.29 is 23.0 Å². The number of halogens is 3. The van der Waals surface area contributed by atoms with Gasteiger partial charge in [0.15, 0.2) is 6.61 Å². The first-order valence-corrected chi connectivity index (χ1v) is 7.73. The average molecular weight is 387 g/mol. The average Bonchev–Trinajstić information content (AvgIpc) is 2.65. The first-order chi connectivity index (χ1) is 12.0. The minimum atomic E-state index is -3.12. The molecule has 0 aliphatic heterocycles. The molecule has 0 radical (unpaired) electrons. The van der Waals surface area contributed by atoms with Crippen LogP contribution in [0.4, 0.5) is 8.78 Å². The third-order valence-corrected chi connectivity index (χ3v) is 3.28. The molecular weight excluding hydrogens is 366 g/mol. The highest BCUT2D eigenvalue weighted by molar-refractivity contribution is 5.85. The van der Waals surface area contributed by atoms with Gasteiger partial charge in [0.25, 0.3) is 11.8 Å². The molecule has 0 aromatic heterocycles. The highest BCUT2D eigenvalue weighted by Gasteiger charge is 2.27. The van der Waals surface area contributed by atoms with Crippen molar-refractivity contribution >= 4 is 18.3 Å². The summed E-state index contributed by atoms with van der Waals surface area (Å²) in [4.78, 5) is 11.5. The van der Waals surface area contributed by atoms with E-state index in [1.165, 1.54) is 0 Å². The van der Waals surface area contributed by atoms with Crippen LogP contribution in [0.5, 0.6) is 11.5 Å². The van der Waals surface area contributed by atoms with Crippen molar-refractivity contribution in [2.75, 3.05) is 19.7 Å². The molecule has 0 atom stereocenters. The Bertz CT molecular complexity index is 670. The van der Waals surface area contributed by atoms with Crippen LogP contribution in [0.2, 0.25) is 0 Å². The molecule has 8 heteroatoms. The fourth-order valence-electron chi connectivity index (χ4n) is 1.87. The van der Waals surface area contributed by atoms with Crippen LogP contribution in [-0.4, -0.2) is 31.5 Å². The number of rotatable bonds is 9. The molecule has 142 valence electrons. The Labute approximate surface area is 156 Å². The van der Waals surface area contributed by atoms with Crippen LogP contribution >= 0.6 is 12.4 Å². The van der Waals surface area contributed by atoms with E-state index in [0.717, 1.165) is 5.56 Å². The molecular formula is C18H21ClF2N2O3. The summed E-state index contributed by atoms with van der Waals surface area (Å²) in [5, 5.41) is 2.08. The van der Waals surface area contributed by atoms with Crippen molar-refractivity contribution in [3.63, 3.8) is 0 Å². The Morgan fingerprint density at radius 2 is 1.58 bits per heavy atom. The number of alkyl halides is 2. The number of amides is 1. The van der Waals surface area contributed by atoms with Gasteiger partial charge in [0.05, 0.1) is 13.1 Å². The second-order valence-corrected chi connectivity index (χ2v) is 5.37. The maximum Gasteiger partial charge on any atom is 0.277 e. The van der Waals surface area contributed by atoms with E-state index in [2.05, 4.69) is 5.32 Å². The maximum absolute atomic E-state index is 12.9. The molecule has 26 heavy (non-hydrogen) atoms. The van der Waals surface area contributed by atoms with Crippen molar-refractivity contribution in [2.24, 2.45) is 5.73 Å². The lowest BCUT2D eigenvalue weighted by Gasteiger charge is -2.14. The summed E-state index contributed by atoms with van der Waals surface area (Å²) in [6.45, 7) is -1.54. The molecule has 0 saturated heterocycles. The zero-order chi connectivity index (χ0) is 18.1. The molecule has 0 saturated carbocycles. The minimum absolute atomic E-state index is 0. The number of hydrogen-bond acceptors (Lipinski definition) is 4. The Kier molecular flexibility index (Phi) is 8.81. The largest absolute Gasteiger partial charge is 0.489 e. The maximum atomic E-state index is 12.9. The van der Waals surface area contributed by atoms with E-state index in [4.69, 9.17) is 15.2 Å². The third-order valence-electron chi connectivity index (χ3n) is 3.28. The first-order valence-electron chi connectivity index (χ1n) is 7.73. The smallest absolute Gasteiger partial charge is 0.277 e. The monoisotopic (exact) mass is 386 g/mol. The van der Waals surface area contributed by atoms with Crippen molar-refractivity contribution in [3.05, 3.63) is 60.2 Å². The summed E-state index contributed by atoms with van der Waals surface area (Å²) in [6.07, 6.45) is 0. The molecule has 0 heterocycles. The molecule has 0 unspecified atom stereocenters. The Balaban J connectivity index is 0.00000338. The number of nitrogens with one attached hydrogen (secondary N) is 1. The van der Waals surface area contributed by atoms with Gasteiger partial charge in [-0.25, -0.2) is 8.78 Å². The number of benzene rings is 2. The van der Waals surface area contributed by atoms with Gasteiger partial charge < -0.3 is 20.5 Å². The van der Waals surface area contributed by atoms with E-state index in [-0.39, 0.29) is 19.0 Å². The van der Waals surface area contributed by atoms with Crippen LogP contribution in [0.25, 0.3) is 0 Å². The SMILES string of the molecule is Cl.NCC(F)(F)CNC(=O)COc1ccc(OCc2ccccc2)cc1. The second kappa shape index (κ2) is 10.6. The van der Waals surface area contributed by atoms with Crippen molar-refractivity contribution in [2.45, 2.75) is 12.5 Å². The highest BCUT2D eigenvalue weighted by Crippen LogP contribution is 2.18. The van der Waals surface area contributed by atoms with Crippen LogP contribution in [0.15, 0.2) is 54.6 Å². The van der Waals surface area contributed by atoms with E-state index in [1.807, 2.05) is 30.3 Å². The second-order valence-electron chi connectivity index (χ2n) is 5.37. The summed E-state index contributed by atoms with van der Waals surface area (Å²) >= 11 is 0. The fourth-order valence-corrected chi connectivity index (χ4v) is 1.87. The highest BCUT2D eigenvalue weighted by atomic mass is 35.5. The molecule has 3 N–H and O–H groups in total. The molecule has 0 fully saturated rings.